The Balaban J connectivity index is 1.82. The number of aldehydes is 1. The summed E-state index contributed by atoms with van der Waals surface area (Å²) in [4.78, 5) is 21.3. The lowest BCUT2D eigenvalue weighted by molar-refractivity contribution is 0.112. The fraction of sp³-hybridized carbons (Fsp3) is 0.267. The molecule has 3 rings (SSSR count). The second-order valence-electron chi connectivity index (χ2n) is 5.12. The average molecular weight is 318 g/mol. The highest BCUT2D eigenvalue weighted by Gasteiger charge is 2.13. The second-order valence-corrected chi connectivity index (χ2v) is 5.48. The lowest BCUT2D eigenvalue weighted by Gasteiger charge is -2.18. The van der Waals surface area contributed by atoms with Crippen LogP contribution in [0.1, 0.15) is 23.2 Å². The van der Waals surface area contributed by atoms with Crippen molar-refractivity contribution in [1.29, 1.82) is 0 Å². The Morgan fingerprint density at radius 2 is 1.86 bits per heavy atom. The largest absolute Gasteiger partial charge is 0.372 e. The SMILES string of the molecule is Nc1nc(Cl)c(C=O)c(Nc2ccc(N3CCCC3)cc2)n1. The molecule has 3 N–H and O–H groups in total. The van der Waals surface area contributed by atoms with Gasteiger partial charge in [-0.2, -0.15) is 4.98 Å². The van der Waals surface area contributed by atoms with E-state index in [1.165, 1.54) is 18.5 Å². The van der Waals surface area contributed by atoms with E-state index in [4.69, 9.17) is 17.3 Å². The predicted molar refractivity (Wildman–Crippen MR) is 88.0 cm³/mol. The van der Waals surface area contributed by atoms with Crippen LogP contribution < -0.4 is 16.0 Å². The Hall–Kier alpha value is -2.34. The number of aromatic nitrogens is 2. The monoisotopic (exact) mass is 317 g/mol. The molecule has 0 saturated carbocycles. The molecular weight excluding hydrogens is 302 g/mol. The minimum Gasteiger partial charge on any atom is -0.372 e. The number of carbonyl (C=O) groups is 1. The number of anilines is 4. The number of carbonyl (C=O) groups excluding carboxylic acids is 1. The van der Waals surface area contributed by atoms with Crippen LogP contribution in [0.5, 0.6) is 0 Å². The molecule has 114 valence electrons. The van der Waals surface area contributed by atoms with E-state index in [-0.39, 0.29) is 16.7 Å². The van der Waals surface area contributed by atoms with E-state index in [0.29, 0.717) is 12.1 Å². The summed E-state index contributed by atoms with van der Waals surface area (Å²) >= 11 is 5.90. The lowest BCUT2D eigenvalue weighted by atomic mass is 10.2. The van der Waals surface area contributed by atoms with Gasteiger partial charge in [-0.05, 0) is 37.1 Å². The van der Waals surface area contributed by atoms with Gasteiger partial charge in [0.25, 0.3) is 0 Å². The van der Waals surface area contributed by atoms with Gasteiger partial charge in [0, 0.05) is 24.5 Å². The molecule has 22 heavy (non-hydrogen) atoms. The van der Waals surface area contributed by atoms with E-state index in [1.807, 2.05) is 24.3 Å². The van der Waals surface area contributed by atoms with Gasteiger partial charge < -0.3 is 16.0 Å². The highest BCUT2D eigenvalue weighted by molar-refractivity contribution is 6.32. The summed E-state index contributed by atoms with van der Waals surface area (Å²) in [5, 5.41) is 3.10. The molecule has 0 aliphatic carbocycles. The van der Waals surface area contributed by atoms with Crippen LogP contribution in [0, 0.1) is 0 Å². The molecule has 0 bridgehead atoms. The van der Waals surface area contributed by atoms with Crippen LogP contribution in [0.15, 0.2) is 24.3 Å². The molecule has 6 nitrogen and oxygen atoms in total. The number of nitrogens with two attached hydrogens (primary N) is 1. The Bertz CT molecular complexity index is 683. The number of benzene rings is 1. The van der Waals surface area contributed by atoms with Crippen molar-refractivity contribution in [3.63, 3.8) is 0 Å². The Morgan fingerprint density at radius 3 is 2.50 bits per heavy atom. The third-order valence-corrected chi connectivity index (χ3v) is 3.92. The van der Waals surface area contributed by atoms with Crippen LogP contribution in [-0.4, -0.2) is 29.3 Å². The summed E-state index contributed by atoms with van der Waals surface area (Å²) in [6.45, 7) is 2.19. The van der Waals surface area contributed by atoms with Crippen LogP contribution in [0.4, 0.5) is 23.1 Å². The fourth-order valence-corrected chi connectivity index (χ4v) is 2.75. The number of nitrogens with zero attached hydrogens (tertiary/aromatic N) is 3. The predicted octanol–water partition coefficient (Wildman–Crippen LogP) is 2.87. The molecule has 0 radical (unpaired) electrons. The first-order valence-electron chi connectivity index (χ1n) is 7.07. The molecule has 1 saturated heterocycles. The number of hydrogen-bond acceptors (Lipinski definition) is 6. The van der Waals surface area contributed by atoms with Crippen LogP contribution in [-0.2, 0) is 0 Å². The molecular formula is C15H16ClN5O. The highest BCUT2D eigenvalue weighted by Crippen LogP contribution is 2.26. The summed E-state index contributed by atoms with van der Waals surface area (Å²) in [6.07, 6.45) is 3.09. The molecule has 1 aliphatic rings. The van der Waals surface area contributed by atoms with Crippen molar-refractivity contribution in [3.8, 4) is 0 Å². The Kier molecular flexibility index (Phi) is 4.11. The van der Waals surface area contributed by atoms with Gasteiger partial charge in [0.15, 0.2) is 6.29 Å². The average Bonchev–Trinajstić information content (AvgIpc) is 3.02. The maximum absolute atomic E-state index is 11.1. The molecule has 0 amide bonds. The fourth-order valence-electron chi connectivity index (χ4n) is 2.53. The smallest absolute Gasteiger partial charge is 0.223 e. The molecule has 1 fully saturated rings. The minimum absolute atomic E-state index is 0.0202. The molecule has 0 spiro atoms. The van der Waals surface area contributed by atoms with E-state index in [2.05, 4.69) is 20.2 Å². The van der Waals surface area contributed by atoms with Gasteiger partial charge in [0.05, 0.1) is 5.56 Å². The standard InChI is InChI=1S/C15H16ClN5O/c16-13-12(9-22)14(20-15(17)19-13)18-10-3-5-11(6-4-10)21-7-1-2-8-21/h3-6,9H,1-2,7-8H2,(H3,17,18,19,20). The summed E-state index contributed by atoms with van der Waals surface area (Å²) < 4.78 is 0. The number of hydrogen-bond donors (Lipinski definition) is 2. The first kappa shape index (κ1) is 14.6. The summed E-state index contributed by atoms with van der Waals surface area (Å²) in [7, 11) is 0. The van der Waals surface area contributed by atoms with Crippen molar-refractivity contribution < 1.29 is 4.79 Å². The molecule has 7 heteroatoms. The van der Waals surface area contributed by atoms with Crippen LogP contribution in [0.3, 0.4) is 0 Å². The zero-order valence-corrected chi connectivity index (χ0v) is 12.7. The van der Waals surface area contributed by atoms with Crippen molar-refractivity contribution in [1.82, 2.24) is 9.97 Å². The topological polar surface area (TPSA) is 84.1 Å². The molecule has 2 heterocycles. The molecule has 0 unspecified atom stereocenters. The van der Waals surface area contributed by atoms with Gasteiger partial charge in [0.2, 0.25) is 5.95 Å². The van der Waals surface area contributed by atoms with E-state index in [9.17, 15) is 4.79 Å². The highest BCUT2D eigenvalue weighted by atomic mass is 35.5. The van der Waals surface area contributed by atoms with Gasteiger partial charge in [-0.15, -0.1) is 0 Å². The number of halogens is 1. The zero-order valence-electron chi connectivity index (χ0n) is 11.9. The quantitative estimate of drug-likeness (QED) is 0.666. The van der Waals surface area contributed by atoms with Gasteiger partial charge in [-0.25, -0.2) is 4.98 Å². The van der Waals surface area contributed by atoms with Crippen LogP contribution in [0.25, 0.3) is 0 Å². The van der Waals surface area contributed by atoms with Gasteiger partial charge in [-0.1, -0.05) is 11.6 Å². The first-order chi connectivity index (χ1) is 10.7. The second kappa shape index (κ2) is 6.19. The third-order valence-electron chi connectivity index (χ3n) is 3.64. The first-order valence-corrected chi connectivity index (χ1v) is 7.45. The van der Waals surface area contributed by atoms with E-state index in [0.717, 1.165) is 18.8 Å². The maximum Gasteiger partial charge on any atom is 0.223 e. The summed E-state index contributed by atoms with van der Waals surface area (Å²) in [5.41, 5.74) is 7.77. The number of nitrogen functional groups attached to an aromatic ring is 1. The Morgan fingerprint density at radius 1 is 1.18 bits per heavy atom. The minimum atomic E-state index is 0.0202. The summed E-state index contributed by atoms with van der Waals surface area (Å²) in [5.74, 6) is 0.327. The van der Waals surface area contributed by atoms with Gasteiger partial charge >= 0.3 is 0 Å². The Labute approximate surface area is 133 Å². The van der Waals surface area contributed by atoms with Gasteiger partial charge in [-0.3, -0.25) is 4.79 Å². The lowest BCUT2D eigenvalue weighted by Crippen LogP contribution is -2.17. The molecule has 2 aromatic rings. The molecule has 0 atom stereocenters. The van der Waals surface area contributed by atoms with Crippen LogP contribution >= 0.6 is 11.6 Å². The van der Waals surface area contributed by atoms with Crippen molar-refractivity contribution >= 4 is 41.0 Å². The molecule has 1 aromatic carbocycles. The van der Waals surface area contributed by atoms with Crippen molar-refractivity contribution in [2.45, 2.75) is 12.8 Å². The molecule has 1 aliphatic heterocycles. The van der Waals surface area contributed by atoms with Gasteiger partial charge in [0.1, 0.15) is 11.0 Å². The van der Waals surface area contributed by atoms with E-state index in [1.54, 1.807) is 0 Å². The van der Waals surface area contributed by atoms with E-state index >= 15 is 0 Å². The van der Waals surface area contributed by atoms with Crippen LogP contribution in [0.2, 0.25) is 5.15 Å². The maximum atomic E-state index is 11.1. The van der Waals surface area contributed by atoms with Crippen molar-refractivity contribution in [2.24, 2.45) is 0 Å². The summed E-state index contributed by atoms with van der Waals surface area (Å²) in [6, 6.07) is 7.96. The van der Waals surface area contributed by atoms with Crippen molar-refractivity contribution in [3.05, 3.63) is 35.0 Å². The molecule has 1 aromatic heterocycles. The number of nitrogens with one attached hydrogen (secondary N) is 1. The third kappa shape index (κ3) is 2.96. The number of rotatable bonds is 4. The normalized spacial score (nSPS) is 14.1. The van der Waals surface area contributed by atoms with Crippen molar-refractivity contribution in [2.75, 3.05) is 29.0 Å². The van der Waals surface area contributed by atoms with E-state index < -0.39 is 0 Å². The zero-order chi connectivity index (χ0) is 15.5.